The summed E-state index contributed by atoms with van der Waals surface area (Å²) in [5.41, 5.74) is 12.3. The molecule has 3 heteroatoms. The fourth-order valence-corrected chi connectivity index (χ4v) is 5.89. The zero-order valence-corrected chi connectivity index (χ0v) is 20.0. The molecule has 3 aromatic rings. The summed E-state index contributed by atoms with van der Waals surface area (Å²) in [7, 11) is 0. The van der Waals surface area contributed by atoms with Crippen LogP contribution in [0.2, 0.25) is 0 Å². The summed E-state index contributed by atoms with van der Waals surface area (Å²) in [6, 6.07) is 20.3. The number of benzene rings is 3. The van der Waals surface area contributed by atoms with Gasteiger partial charge in [-0.1, -0.05) is 63.2 Å². The maximum Gasteiger partial charge on any atom is 0.0837 e. The van der Waals surface area contributed by atoms with E-state index < -0.39 is 0 Å². The van der Waals surface area contributed by atoms with Gasteiger partial charge in [0.15, 0.2) is 0 Å². The molecule has 1 unspecified atom stereocenters. The fourth-order valence-electron chi connectivity index (χ4n) is 5.89. The highest BCUT2D eigenvalue weighted by molar-refractivity contribution is 5.99. The van der Waals surface area contributed by atoms with Crippen LogP contribution >= 0.6 is 0 Å². The van der Waals surface area contributed by atoms with Crippen LogP contribution in [0, 0.1) is 0 Å². The van der Waals surface area contributed by atoms with Crippen LogP contribution in [0.25, 0.3) is 11.1 Å². The molecule has 5 rings (SSSR count). The molecule has 0 saturated carbocycles. The first-order valence-electron chi connectivity index (χ1n) is 11.7. The molecule has 1 aliphatic heterocycles. The Kier molecular flexibility index (Phi) is 4.53. The number of fused-ring (bicyclic) bond motifs is 5. The van der Waals surface area contributed by atoms with E-state index in [4.69, 9.17) is 0 Å². The van der Waals surface area contributed by atoms with E-state index >= 15 is 0 Å². The Morgan fingerprint density at radius 2 is 1.56 bits per heavy atom. The Morgan fingerprint density at radius 1 is 0.844 bits per heavy atom. The van der Waals surface area contributed by atoms with Gasteiger partial charge >= 0.3 is 0 Å². The van der Waals surface area contributed by atoms with E-state index in [2.05, 4.69) is 99.3 Å². The van der Waals surface area contributed by atoms with Crippen molar-refractivity contribution in [2.24, 2.45) is 5.16 Å². The van der Waals surface area contributed by atoms with Crippen LogP contribution in [0.3, 0.4) is 0 Å². The lowest BCUT2D eigenvalue weighted by atomic mass is 9.71. The zero-order valence-electron chi connectivity index (χ0n) is 20.0. The smallest absolute Gasteiger partial charge is 0.0837 e. The van der Waals surface area contributed by atoms with Gasteiger partial charge in [0.2, 0.25) is 0 Å². The van der Waals surface area contributed by atoms with Gasteiger partial charge in [-0.2, -0.15) is 0 Å². The van der Waals surface area contributed by atoms with Crippen molar-refractivity contribution < 1.29 is 5.21 Å². The van der Waals surface area contributed by atoms with Crippen molar-refractivity contribution in [3.8, 4) is 11.1 Å². The topological polar surface area (TPSA) is 35.8 Å². The second kappa shape index (κ2) is 6.96. The monoisotopic (exact) mass is 424 g/mol. The Labute approximate surface area is 191 Å². The quantitative estimate of drug-likeness (QED) is 0.270. The Balaban J connectivity index is 1.80. The number of rotatable bonds is 3. The number of oxime groups is 1. The van der Waals surface area contributed by atoms with Gasteiger partial charge in [0.1, 0.15) is 0 Å². The lowest BCUT2D eigenvalue weighted by molar-refractivity contribution is 0.319. The summed E-state index contributed by atoms with van der Waals surface area (Å²) in [4.78, 5) is 2.45. The first-order chi connectivity index (χ1) is 15.3. The van der Waals surface area contributed by atoms with Crippen LogP contribution in [0.5, 0.6) is 0 Å². The van der Waals surface area contributed by atoms with Gasteiger partial charge in [0.25, 0.3) is 0 Å². The summed E-state index contributed by atoms with van der Waals surface area (Å²) in [6.07, 6.45) is 1.07. The van der Waals surface area contributed by atoms with Gasteiger partial charge in [-0.15, -0.1) is 0 Å². The molecule has 0 saturated heterocycles. The molecule has 0 bridgehead atoms. The molecular weight excluding hydrogens is 392 g/mol. The van der Waals surface area contributed by atoms with E-state index in [1.165, 1.54) is 44.8 Å². The van der Waals surface area contributed by atoms with Crippen molar-refractivity contribution in [2.75, 3.05) is 11.4 Å². The molecule has 0 aromatic heterocycles. The van der Waals surface area contributed by atoms with E-state index in [9.17, 15) is 5.21 Å². The van der Waals surface area contributed by atoms with Gasteiger partial charge in [0.05, 0.1) is 5.71 Å². The molecule has 1 atom stereocenters. The van der Waals surface area contributed by atoms with Crippen molar-refractivity contribution in [1.82, 2.24) is 0 Å². The molecule has 1 aliphatic carbocycles. The van der Waals surface area contributed by atoms with Crippen LogP contribution in [-0.4, -0.2) is 17.5 Å². The fraction of sp³-hybridized carbons (Fsp3) is 0.345. The minimum absolute atomic E-state index is 0.0311. The van der Waals surface area contributed by atoms with Gasteiger partial charge in [0, 0.05) is 28.7 Å². The SMILES string of the molecule is CCN1c2ccc(/C(C)=N\O)cc2C(C)(C)c2cc3c(cc21)C(C)(CC)c1ccccc1-3. The molecule has 0 spiro atoms. The van der Waals surface area contributed by atoms with Crippen molar-refractivity contribution >= 4 is 17.1 Å². The molecule has 2 aliphatic rings. The van der Waals surface area contributed by atoms with E-state index in [0.29, 0.717) is 5.71 Å². The minimum Gasteiger partial charge on any atom is -0.411 e. The first kappa shape index (κ1) is 20.8. The molecule has 3 aromatic carbocycles. The molecule has 32 heavy (non-hydrogen) atoms. The van der Waals surface area contributed by atoms with E-state index in [1.807, 2.05) is 6.92 Å². The highest BCUT2D eigenvalue weighted by Gasteiger charge is 2.42. The molecule has 0 amide bonds. The number of anilines is 2. The number of hydrogen-bond acceptors (Lipinski definition) is 3. The predicted octanol–water partition coefficient (Wildman–Crippen LogP) is 7.38. The van der Waals surface area contributed by atoms with Crippen molar-refractivity contribution in [3.05, 3.63) is 82.4 Å². The first-order valence-corrected chi connectivity index (χ1v) is 11.7. The van der Waals surface area contributed by atoms with E-state index in [1.54, 1.807) is 0 Å². The number of hydrogen-bond donors (Lipinski definition) is 1. The molecular formula is C29H32N2O. The molecule has 0 radical (unpaired) electrons. The summed E-state index contributed by atoms with van der Waals surface area (Å²) < 4.78 is 0. The Morgan fingerprint density at radius 3 is 2.25 bits per heavy atom. The third-order valence-corrected chi connectivity index (χ3v) is 8.06. The summed E-state index contributed by atoms with van der Waals surface area (Å²) >= 11 is 0. The maximum atomic E-state index is 9.33. The summed E-state index contributed by atoms with van der Waals surface area (Å²) in [6.45, 7) is 14.3. The van der Waals surface area contributed by atoms with Crippen LogP contribution in [0.4, 0.5) is 11.4 Å². The molecule has 164 valence electrons. The second-order valence-electron chi connectivity index (χ2n) is 9.93. The highest BCUT2D eigenvalue weighted by Crippen LogP contribution is 2.56. The third kappa shape index (κ3) is 2.57. The molecule has 3 nitrogen and oxygen atoms in total. The standard InChI is InChI=1S/C29H32N2O/c1-7-29(6)22-12-10-9-11-20(22)21-16-25-27(17-23(21)29)31(8-2)26-14-13-19(18(3)30-32)15-24(26)28(25,4)5/h9-17,32H,7-8H2,1-6H3/b30-18-. The van der Waals surface area contributed by atoms with Crippen LogP contribution in [-0.2, 0) is 10.8 Å². The van der Waals surface area contributed by atoms with Crippen molar-refractivity contribution in [1.29, 1.82) is 0 Å². The lowest BCUT2D eigenvalue weighted by Crippen LogP contribution is -2.33. The van der Waals surface area contributed by atoms with Crippen LogP contribution in [0.1, 0.15) is 75.8 Å². The van der Waals surface area contributed by atoms with Gasteiger partial charge in [-0.25, -0.2) is 0 Å². The minimum atomic E-state index is -0.169. The third-order valence-electron chi connectivity index (χ3n) is 8.06. The normalized spacial score (nSPS) is 20.4. The summed E-state index contributed by atoms with van der Waals surface area (Å²) in [5, 5.41) is 12.8. The van der Waals surface area contributed by atoms with E-state index in [0.717, 1.165) is 18.5 Å². The van der Waals surface area contributed by atoms with Gasteiger partial charge in [-0.3, -0.25) is 0 Å². The van der Waals surface area contributed by atoms with Crippen LogP contribution < -0.4 is 4.90 Å². The van der Waals surface area contributed by atoms with Crippen molar-refractivity contribution in [3.63, 3.8) is 0 Å². The van der Waals surface area contributed by atoms with Crippen molar-refractivity contribution in [2.45, 2.75) is 58.8 Å². The Hall–Kier alpha value is -3.07. The maximum absolute atomic E-state index is 9.33. The Bertz CT molecular complexity index is 1270. The predicted molar refractivity (Wildman–Crippen MR) is 134 cm³/mol. The van der Waals surface area contributed by atoms with Gasteiger partial charge in [-0.05, 0) is 83.5 Å². The second-order valence-corrected chi connectivity index (χ2v) is 9.93. The average molecular weight is 425 g/mol. The molecule has 0 fully saturated rings. The average Bonchev–Trinajstić information content (AvgIpc) is 3.06. The highest BCUT2D eigenvalue weighted by atomic mass is 16.4. The summed E-state index contributed by atoms with van der Waals surface area (Å²) in [5.74, 6) is 0. The zero-order chi connectivity index (χ0) is 22.8. The molecule has 1 N–H and O–H groups in total. The van der Waals surface area contributed by atoms with Gasteiger partial charge < -0.3 is 10.1 Å². The number of nitrogens with zero attached hydrogens (tertiary/aromatic N) is 2. The van der Waals surface area contributed by atoms with E-state index in [-0.39, 0.29) is 10.8 Å². The van der Waals surface area contributed by atoms with Crippen LogP contribution in [0.15, 0.2) is 59.8 Å². The lowest BCUT2D eigenvalue weighted by Gasteiger charge is -2.43. The largest absolute Gasteiger partial charge is 0.411 e. The molecule has 1 heterocycles.